The Labute approximate surface area is 89.4 Å². The number of amides is 2. The van der Waals surface area contributed by atoms with Gasteiger partial charge in [0, 0.05) is 19.5 Å². The second-order valence-electron chi connectivity index (χ2n) is 3.79. The van der Waals surface area contributed by atoms with Crippen LogP contribution >= 0.6 is 0 Å². The average Bonchev–Trinajstić information content (AvgIpc) is 2.67. The smallest absolute Gasteiger partial charge is 0.252 e. The van der Waals surface area contributed by atoms with E-state index in [1.807, 2.05) is 11.9 Å². The Morgan fingerprint density at radius 3 is 2.73 bits per heavy atom. The maximum absolute atomic E-state index is 11.3. The first-order valence-electron chi connectivity index (χ1n) is 5.06. The molecular weight excluding hydrogens is 196 g/mol. The highest BCUT2D eigenvalue weighted by Crippen LogP contribution is 2.04. The van der Waals surface area contributed by atoms with Gasteiger partial charge in [-0.05, 0) is 20.0 Å². The second-order valence-corrected chi connectivity index (χ2v) is 3.79. The Bertz CT molecular complexity index is 238. The predicted octanol–water partition coefficient (Wildman–Crippen LogP) is -1.55. The third-order valence-electron chi connectivity index (χ3n) is 2.43. The molecular formula is C9H18N4O2. The van der Waals surface area contributed by atoms with Crippen molar-refractivity contribution in [2.45, 2.75) is 19.4 Å². The van der Waals surface area contributed by atoms with Crippen LogP contribution in [0.1, 0.15) is 13.3 Å². The van der Waals surface area contributed by atoms with Crippen molar-refractivity contribution in [2.75, 3.05) is 26.7 Å². The van der Waals surface area contributed by atoms with Crippen molar-refractivity contribution in [3.8, 4) is 0 Å². The minimum Gasteiger partial charge on any atom is -0.315 e. The summed E-state index contributed by atoms with van der Waals surface area (Å²) in [6.45, 7) is 3.57. The van der Waals surface area contributed by atoms with Gasteiger partial charge in [0.15, 0.2) is 0 Å². The van der Waals surface area contributed by atoms with Crippen LogP contribution < -0.4 is 16.2 Å². The molecule has 0 aromatic rings. The van der Waals surface area contributed by atoms with Crippen LogP contribution in [0.5, 0.6) is 0 Å². The van der Waals surface area contributed by atoms with Gasteiger partial charge in [0.2, 0.25) is 5.91 Å². The fourth-order valence-electron chi connectivity index (χ4n) is 1.57. The van der Waals surface area contributed by atoms with Crippen molar-refractivity contribution >= 4 is 11.8 Å². The number of hydrogen-bond donors (Lipinski definition) is 3. The quantitative estimate of drug-likeness (QED) is 0.497. The van der Waals surface area contributed by atoms with E-state index in [4.69, 9.17) is 0 Å². The van der Waals surface area contributed by atoms with E-state index < -0.39 is 0 Å². The Kier molecular flexibility index (Phi) is 4.51. The summed E-state index contributed by atoms with van der Waals surface area (Å²) < 4.78 is 0. The van der Waals surface area contributed by atoms with Gasteiger partial charge in [-0.3, -0.25) is 25.3 Å². The lowest BCUT2D eigenvalue weighted by molar-refractivity contribution is -0.128. The molecule has 0 spiro atoms. The third-order valence-corrected chi connectivity index (χ3v) is 2.43. The average molecular weight is 214 g/mol. The summed E-state index contributed by atoms with van der Waals surface area (Å²) in [6, 6.07) is 0.410. The van der Waals surface area contributed by atoms with Crippen molar-refractivity contribution in [3.63, 3.8) is 0 Å². The Morgan fingerprint density at radius 2 is 2.20 bits per heavy atom. The maximum Gasteiger partial charge on any atom is 0.252 e. The summed E-state index contributed by atoms with van der Waals surface area (Å²) in [5.41, 5.74) is 4.60. The van der Waals surface area contributed by atoms with Gasteiger partial charge < -0.3 is 5.32 Å². The van der Waals surface area contributed by atoms with E-state index in [9.17, 15) is 9.59 Å². The lowest BCUT2D eigenvalue weighted by atomic mass is 10.2. The fourth-order valence-corrected chi connectivity index (χ4v) is 1.57. The van der Waals surface area contributed by atoms with Crippen LogP contribution in [0.4, 0.5) is 0 Å². The van der Waals surface area contributed by atoms with Crippen LogP contribution in [0.15, 0.2) is 0 Å². The van der Waals surface area contributed by atoms with Gasteiger partial charge in [-0.1, -0.05) is 0 Å². The summed E-state index contributed by atoms with van der Waals surface area (Å²) in [4.78, 5) is 23.9. The molecule has 0 bridgehead atoms. The van der Waals surface area contributed by atoms with Crippen molar-refractivity contribution < 1.29 is 9.59 Å². The molecule has 0 aliphatic carbocycles. The highest BCUT2D eigenvalue weighted by Gasteiger charge is 2.20. The van der Waals surface area contributed by atoms with Gasteiger partial charge in [-0.2, -0.15) is 0 Å². The molecule has 1 atom stereocenters. The number of likely N-dealkylation sites (N-methyl/N-ethyl adjacent to an activating group) is 1. The predicted molar refractivity (Wildman–Crippen MR) is 55.9 cm³/mol. The summed E-state index contributed by atoms with van der Waals surface area (Å²) in [6.07, 6.45) is 1.06. The van der Waals surface area contributed by atoms with E-state index in [2.05, 4.69) is 16.2 Å². The Balaban J connectivity index is 2.21. The minimum absolute atomic E-state index is 0.195. The number of nitrogens with zero attached hydrogens (tertiary/aromatic N) is 1. The largest absolute Gasteiger partial charge is 0.315 e. The molecule has 1 fully saturated rings. The highest BCUT2D eigenvalue weighted by atomic mass is 16.2. The van der Waals surface area contributed by atoms with Crippen LogP contribution in [0, 0.1) is 0 Å². The first kappa shape index (κ1) is 11.9. The summed E-state index contributed by atoms with van der Waals surface area (Å²) in [5.74, 6) is -0.465. The number of hydrogen-bond acceptors (Lipinski definition) is 4. The molecule has 6 nitrogen and oxygen atoms in total. The van der Waals surface area contributed by atoms with E-state index in [0.29, 0.717) is 12.6 Å². The molecule has 86 valence electrons. The minimum atomic E-state index is -0.270. The molecule has 0 radical (unpaired) electrons. The molecule has 1 aliphatic heterocycles. The van der Waals surface area contributed by atoms with E-state index >= 15 is 0 Å². The number of nitrogens with one attached hydrogen (secondary N) is 3. The SMILES string of the molecule is CC(=O)NNC(=O)CN(C)C1CCNC1. The van der Waals surface area contributed by atoms with Gasteiger partial charge >= 0.3 is 0 Å². The van der Waals surface area contributed by atoms with Crippen LogP contribution in [0.2, 0.25) is 0 Å². The van der Waals surface area contributed by atoms with Gasteiger partial charge in [0.1, 0.15) is 0 Å². The molecule has 0 aromatic carbocycles. The fraction of sp³-hybridized carbons (Fsp3) is 0.778. The normalized spacial score (nSPS) is 20.3. The lowest BCUT2D eigenvalue weighted by Gasteiger charge is -2.22. The first-order valence-corrected chi connectivity index (χ1v) is 5.06. The van der Waals surface area contributed by atoms with Crippen LogP contribution in [0.3, 0.4) is 0 Å². The molecule has 1 unspecified atom stereocenters. The van der Waals surface area contributed by atoms with Gasteiger partial charge in [0.05, 0.1) is 6.54 Å². The van der Waals surface area contributed by atoms with Gasteiger partial charge in [0.25, 0.3) is 5.91 Å². The zero-order chi connectivity index (χ0) is 11.3. The standard InChI is InChI=1S/C9H18N4O2/c1-7(14)11-12-9(15)6-13(2)8-3-4-10-5-8/h8,10H,3-6H2,1-2H3,(H,11,14)(H,12,15). The van der Waals surface area contributed by atoms with Crippen molar-refractivity contribution in [1.29, 1.82) is 0 Å². The molecule has 0 aromatic heterocycles. The molecule has 2 amide bonds. The number of rotatable bonds is 3. The van der Waals surface area contributed by atoms with E-state index in [-0.39, 0.29) is 11.8 Å². The van der Waals surface area contributed by atoms with Crippen LogP contribution in [-0.4, -0.2) is 49.4 Å². The van der Waals surface area contributed by atoms with Crippen molar-refractivity contribution in [1.82, 2.24) is 21.1 Å². The monoisotopic (exact) mass is 214 g/mol. The number of carbonyl (C=O) groups excluding carboxylic acids is 2. The Morgan fingerprint density at radius 1 is 1.47 bits per heavy atom. The molecule has 1 rings (SSSR count). The topological polar surface area (TPSA) is 73.5 Å². The van der Waals surface area contributed by atoms with E-state index in [1.54, 1.807) is 0 Å². The molecule has 1 heterocycles. The molecule has 1 aliphatic rings. The molecule has 1 saturated heterocycles. The zero-order valence-electron chi connectivity index (χ0n) is 9.17. The van der Waals surface area contributed by atoms with E-state index in [1.165, 1.54) is 6.92 Å². The maximum atomic E-state index is 11.3. The second kappa shape index (κ2) is 5.67. The summed E-state index contributed by atoms with van der Waals surface area (Å²) in [5, 5.41) is 3.23. The highest BCUT2D eigenvalue weighted by molar-refractivity contribution is 5.81. The molecule has 6 heteroatoms. The summed E-state index contributed by atoms with van der Waals surface area (Å²) in [7, 11) is 1.91. The lowest BCUT2D eigenvalue weighted by Crippen LogP contribution is -2.47. The number of carbonyl (C=O) groups is 2. The summed E-state index contributed by atoms with van der Waals surface area (Å²) >= 11 is 0. The third kappa shape index (κ3) is 4.26. The van der Waals surface area contributed by atoms with Crippen LogP contribution in [0.25, 0.3) is 0 Å². The Hall–Kier alpha value is -1.14. The van der Waals surface area contributed by atoms with Crippen LogP contribution in [-0.2, 0) is 9.59 Å². The molecule has 15 heavy (non-hydrogen) atoms. The number of hydrazine groups is 1. The van der Waals surface area contributed by atoms with E-state index in [0.717, 1.165) is 19.5 Å². The first-order chi connectivity index (χ1) is 7.09. The molecule has 3 N–H and O–H groups in total. The van der Waals surface area contributed by atoms with Crippen molar-refractivity contribution in [2.24, 2.45) is 0 Å². The zero-order valence-corrected chi connectivity index (χ0v) is 9.17. The van der Waals surface area contributed by atoms with Gasteiger partial charge in [-0.15, -0.1) is 0 Å². The van der Waals surface area contributed by atoms with Gasteiger partial charge in [-0.25, -0.2) is 0 Å². The molecule has 0 saturated carbocycles. The van der Waals surface area contributed by atoms with Crippen molar-refractivity contribution in [3.05, 3.63) is 0 Å².